The van der Waals surface area contributed by atoms with Crippen LogP contribution in [0.4, 0.5) is 0 Å². The Morgan fingerprint density at radius 3 is 2.68 bits per heavy atom. The van der Waals surface area contributed by atoms with E-state index < -0.39 is 0 Å². The lowest BCUT2D eigenvalue weighted by atomic mass is 10.2. The second-order valence-electron chi connectivity index (χ2n) is 5.08. The molecule has 0 aliphatic rings. The Morgan fingerprint density at radius 1 is 1.32 bits per heavy atom. The monoisotopic (exact) mass is 347 g/mol. The van der Waals surface area contributed by atoms with Gasteiger partial charge in [-0.2, -0.15) is 0 Å². The molecule has 1 unspecified atom stereocenters. The van der Waals surface area contributed by atoms with E-state index in [1.807, 2.05) is 13.1 Å². The van der Waals surface area contributed by atoms with E-state index in [1.165, 1.54) is 7.11 Å². The molecule has 0 saturated heterocycles. The second kappa shape index (κ2) is 9.66. The normalized spacial score (nSPS) is 11.8. The standard InChI is InChI=1S/C15H20Cl2N2O3/c1-19(9-11-5-6-12(16)8-13(11)17)10-14(20)18-7-3-4-15(21)22-2/h5-6,8H,3-4,7,9-10H2,1-2H3,(H,18,20)/p+1. The number of hydrogen-bond donors (Lipinski definition) is 2. The Kier molecular flexibility index (Phi) is 8.24. The van der Waals surface area contributed by atoms with Crippen LogP contribution in [0.3, 0.4) is 0 Å². The predicted molar refractivity (Wildman–Crippen MR) is 86.2 cm³/mol. The minimum absolute atomic E-state index is 0.0625. The maximum absolute atomic E-state index is 11.8. The summed E-state index contributed by atoms with van der Waals surface area (Å²) >= 11 is 12.0. The van der Waals surface area contributed by atoms with Gasteiger partial charge in [0.2, 0.25) is 0 Å². The Balaban J connectivity index is 2.30. The highest BCUT2D eigenvalue weighted by Gasteiger charge is 2.12. The highest BCUT2D eigenvalue weighted by atomic mass is 35.5. The molecule has 1 rings (SSSR count). The first-order valence-electron chi connectivity index (χ1n) is 7.01. The van der Waals surface area contributed by atoms with Crippen LogP contribution in [0.2, 0.25) is 10.0 Å². The Morgan fingerprint density at radius 2 is 2.05 bits per heavy atom. The van der Waals surface area contributed by atoms with Gasteiger partial charge in [0.1, 0.15) is 6.54 Å². The van der Waals surface area contributed by atoms with E-state index in [2.05, 4.69) is 10.1 Å². The summed E-state index contributed by atoms with van der Waals surface area (Å²) in [5.41, 5.74) is 0.946. The molecule has 5 nitrogen and oxygen atoms in total. The fourth-order valence-electron chi connectivity index (χ4n) is 1.95. The molecule has 0 radical (unpaired) electrons. The highest BCUT2D eigenvalue weighted by Crippen LogP contribution is 2.19. The molecule has 0 aliphatic heterocycles. The van der Waals surface area contributed by atoms with E-state index in [-0.39, 0.29) is 11.9 Å². The lowest BCUT2D eigenvalue weighted by Gasteiger charge is -2.14. The summed E-state index contributed by atoms with van der Waals surface area (Å²) in [6.45, 7) is 1.42. The van der Waals surface area contributed by atoms with Crippen LogP contribution in [0, 0.1) is 0 Å². The maximum Gasteiger partial charge on any atom is 0.305 e. The van der Waals surface area contributed by atoms with Gasteiger partial charge in [-0.1, -0.05) is 29.3 Å². The molecule has 1 amide bonds. The van der Waals surface area contributed by atoms with Gasteiger partial charge < -0.3 is 15.0 Å². The molecule has 7 heteroatoms. The number of methoxy groups -OCH3 is 1. The third-order valence-electron chi connectivity index (χ3n) is 3.08. The first-order valence-corrected chi connectivity index (χ1v) is 7.76. The molecule has 122 valence electrons. The first kappa shape index (κ1) is 18.7. The summed E-state index contributed by atoms with van der Waals surface area (Å²) in [7, 11) is 3.26. The molecule has 1 aromatic rings. The van der Waals surface area contributed by atoms with Crippen LogP contribution in [0.15, 0.2) is 18.2 Å². The molecule has 0 spiro atoms. The number of benzene rings is 1. The SMILES string of the molecule is COC(=O)CCCNC(=O)C[NH+](C)Cc1ccc(Cl)cc1Cl. The Labute approximate surface area is 140 Å². The van der Waals surface area contributed by atoms with Gasteiger partial charge in [0.05, 0.1) is 19.2 Å². The second-order valence-corrected chi connectivity index (χ2v) is 5.92. The third kappa shape index (κ3) is 7.11. The molecular weight excluding hydrogens is 327 g/mol. The fraction of sp³-hybridized carbons (Fsp3) is 0.467. The minimum atomic E-state index is -0.269. The van der Waals surface area contributed by atoms with Crippen molar-refractivity contribution < 1.29 is 19.2 Å². The number of amides is 1. The fourth-order valence-corrected chi connectivity index (χ4v) is 2.43. The zero-order valence-corrected chi connectivity index (χ0v) is 14.3. The lowest BCUT2D eigenvalue weighted by Crippen LogP contribution is -3.08. The topological polar surface area (TPSA) is 59.8 Å². The Bertz CT molecular complexity index is 524. The van der Waals surface area contributed by atoms with E-state index in [0.717, 1.165) is 10.5 Å². The van der Waals surface area contributed by atoms with Gasteiger partial charge in [-0.15, -0.1) is 0 Å². The van der Waals surface area contributed by atoms with E-state index >= 15 is 0 Å². The van der Waals surface area contributed by atoms with Crippen LogP contribution in [-0.2, 0) is 20.9 Å². The van der Waals surface area contributed by atoms with Crippen molar-refractivity contribution in [3.05, 3.63) is 33.8 Å². The quantitative estimate of drug-likeness (QED) is 0.546. The Hall–Kier alpha value is -1.30. The minimum Gasteiger partial charge on any atom is -0.469 e. The average Bonchev–Trinajstić information content (AvgIpc) is 2.46. The van der Waals surface area contributed by atoms with E-state index in [1.54, 1.807) is 12.1 Å². The van der Waals surface area contributed by atoms with E-state index in [0.29, 0.717) is 42.5 Å². The van der Waals surface area contributed by atoms with E-state index in [4.69, 9.17) is 23.2 Å². The van der Waals surface area contributed by atoms with Gasteiger partial charge in [-0.25, -0.2) is 0 Å². The molecule has 0 bridgehead atoms. The molecule has 1 atom stereocenters. The molecule has 0 aliphatic carbocycles. The number of hydrogen-bond acceptors (Lipinski definition) is 3. The molecule has 22 heavy (non-hydrogen) atoms. The van der Waals surface area contributed by atoms with Gasteiger partial charge in [0, 0.05) is 23.6 Å². The number of likely N-dealkylation sites (N-methyl/N-ethyl adjacent to an activating group) is 1. The molecule has 0 saturated carbocycles. The molecule has 0 heterocycles. The summed E-state index contributed by atoms with van der Waals surface area (Å²) in [6, 6.07) is 5.34. The summed E-state index contributed by atoms with van der Waals surface area (Å²) in [4.78, 5) is 23.7. The van der Waals surface area contributed by atoms with Crippen molar-refractivity contribution in [1.82, 2.24) is 5.32 Å². The summed E-state index contributed by atoms with van der Waals surface area (Å²) < 4.78 is 4.53. The van der Waals surface area contributed by atoms with Crippen molar-refractivity contribution in [3.8, 4) is 0 Å². The van der Waals surface area contributed by atoms with Gasteiger partial charge in [0.25, 0.3) is 5.91 Å². The van der Waals surface area contributed by atoms with Gasteiger partial charge in [-0.05, 0) is 18.6 Å². The zero-order chi connectivity index (χ0) is 16.5. The average molecular weight is 348 g/mol. The summed E-state index contributed by atoms with van der Waals surface area (Å²) in [5.74, 6) is -0.332. The molecular formula is C15H21Cl2N2O3+. The van der Waals surface area contributed by atoms with Gasteiger partial charge >= 0.3 is 5.97 Å². The number of esters is 1. The van der Waals surface area contributed by atoms with Crippen molar-refractivity contribution >= 4 is 35.1 Å². The maximum atomic E-state index is 11.8. The smallest absolute Gasteiger partial charge is 0.305 e. The van der Waals surface area contributed by atoms with Crippen LogP contribution >= 0.6 is 23.2 Å². The van der Waals surface area contributed by atoms with Crippen molar-refractivity contribution in [2.45, 2.75) is 19.4 Å². The lowest BCUT2D eigenvalue weighted by molar-refractivity contribution is -0.885. The van der Waals surface area contributed by atoms with Crippen LogP contribution in [0.1, 0.15) is 18.4 Å². The van der Waals surface area contributed by atoms with Crippen molar-refractivity contribution in [3.63, 3.8) is 0 Å². The first-order chi connectivity index (χ1) is 10.4. The summed E-state index contributed by atoms with van der Waals surface area (Å²) in [6.07, 6.45) is 0.875. The van der Waals surface area contributed by atoms with Crippen molar-refractivity contribution in [2.24, 2.45) is 0 Å². The van der Waals surface area contributed by atoms with Crippen molar-refractivity contribution in [2.75, 3.05) is 27.2 Å². The zero-order valence-electron chi connectivity index (χ0n) is 12.7. The number of carbonyl (C=O) groups excluding carboxylic acids is 2. The number of carbonyl (C=O) groups is 2. The number of ether oxygens (including phenoxy) is 1. The largest absolute Gasteiger partial charge is 0.469 e. The van der Waals surface area contributed by atoms with E-state index in [9.17, 15) is 9.59 Å². The van der Waals surface area contributed by atoms with Crippen LogP contribution in [0.25, 0.3) is 0 Å². The van der Waals surface area contributed by atoms with Crippen LogP contribution in [-0.4, -0.2) is 39.1 Å². The van der Waals surface area contributed by atoms with Gasteiger partial charge in [0.15, 0.2) is 6.54 Å². The predicted octanol–water partition coefficient (Wildman–Crippen LogP) is 1.08. The number of nitrogens with one attached hydrogen (secondary N) is 2. The highest BCUT2D eigenvalue weighted by molar-refractivity contribution is 6.35. The number of halogens is 2. The third-order valence-corrected chi connectivity index (χ3v) is 3.66. The van der Waals surface area contributed by atoms with Crippen molar-refractivity contribution in [1.29, 1.82) is 0 Å². The van der Waals surface area contributed by atoms with Gasteiger partial charge in [-0.3, -0.25) is 9.59 Å². The molecule has 0 aromatic heterocycles. The van der Waals surface area contributed by atoms with Crippen LogP contribution in [0.5, 0.6) is 0 Å². The number of quaternary nitrogens is 1. The molecule has 1 aromatic carbocycles. The van der Waals surface area contributed by atoms with Crippen LogP contribution < -0.4 is 10.2 Å². The molecule has 2 N–H and O–H groups in total. The molecule has 0 fully saturated rings. The number of rotatable bonds is 8. The summed E-state index contributed by atoms with van der Waals surface area (Å²) in [5, 5.41) is 3.98.